The monoisotopic (exact) mass is 279 g/mol. The van der Waals surface area contributed by atoms with Crippen molar-refractivity contribution in [3.05, 3.63) is 35.4 Å². The van der Waals surface area contributed by atoms with E-state index in [2.05, 4.69) is 10.6 Å². The second-order valence-corrected chi connectivity index (χ2v) is 4.55. The van der Waals surface area contributed by atoms with Gasteiger partial charge in [-0.05, 0) is 37.7 Å². The van der Waals surface area contributed by atoms with Gasteiger partial charge in [0.2, 0.25) is 0 Å². The zero-order valence-electron chi connectivity index (χ0n) is 11.8. The van der Waals surface area contributed by atoms with Gasteiger partial charge in [0.25, 0.3) is 0 Å². The molecule has 0 saturated heterocycles. The van der Waals surface area contributed by atoms with Crippen molar-refractivity contribution in [2.24, 2.45) is 0 Å². The van der Waals surface area contributed by atoms with Crippen LogP contribution in [-0.2, 0) is 6.54 Å². The molecule has 0 aliphatic rings. The Bertz CT molecular complexity index is 445. The quantitative estimate of drug-likeness (QED) is 0.654. The Morgan fingerprint density at radius 1 is 1.20 bits per heavy atom. The minimum Gasteiger partial charge on any atom is -0.478 e. The first kappa shape index (κ1) is 16.0. The van der Waals surface area contributed by atoms with Crippen LogP contribution < -0.4 is 10.6 Å². The topological polar surface area (TPSA) is 81.7 Å². The first-order chi connectivity index (χ1) is 9.54. The van der Waals surface area contributed by atoms with Crippen LogP contribution in [0.2, 0.25) is 0 Å². The van der Waals surface area contributed by atoms with E-state index in [0.29, 0.717) is 13.1 Å². The van der Waals surface area contributed by atoms with Crippen molar-refractivity contribution in [2.45, 2.75) is 13.0 Å². The number of aromatic carboxylic acids is 1. The molecule has 0 spiro atoms. The number of hydrogen-bond donors (Lipinski definition) is 3. The first-order valence-corrected chi connectivity index (χ1v) is 6.50. The third-order valence-corrected chi connectivity index (χ3v) is 2.85. The summed E-state index contributed by atoms with van der Waals surface area (Å²) in [7, 11) is 3.58. The van der Waals surface area contributed by atoms with Crippen molar-refractivity contribution >= 4 is 12.0 Å². The first-order valence-electron chi connectivity index (χ1n) is 6.50. The molecule has 20 heavy (non-hydrogen) atoms. The molecule has 2 amide bonds. The van der Waals surface area contributed by atoms with Crippen LogP contribution in [0.5, 0.6) is 0 Å². The third-order valence-electron chi connectivity index (χ3n) is 2.85. The second kappa shape index (κ2) is 8.16. The maximum atomic E-state index is 11.8. The van der Waals surface area contributed by atoms with Crippen molar-refractivity contribution in [1.29, 1.82) is 0 Å². The Labute approximate surface area is 118 Å². The van der Waals surface area contributed by atoms with Gasteiger partial charge < -0.3 is 20.6 Å². The molecule has 0 aliphatic carbocycles. The van der Waals surface area contributed by atoms with Gasteiger partial charge >= 0.3 is 12.0 Å². The van der Waals surface area contributed by atoms with Gasteiger partial charge in [-0.25, -0.2) is 9.59 Å². The van der Waals surface area contributed by atoms with Crippen LogP contribution in [0.15, 0.2) is 24.3 Å². The fourth-order valence-corrected chi connectivity index (χ4v) is 1.69. The predicted molar refractivity (Wildman–Crippen MR) is 76.8 cm³/mol. The molecule has 0 fully saturated rings. The lowest BCUT2D eigenvalue weighted by atomic mass is 10.1. The Kier molecular flexibility index (Phi) is 6.52. The molecule has 0 radical (unpaired) electrons. The van der Waals surface area contributed by atoms with Crippen molar-refractivity contribution in [3.8, 4) is 0 Å². The molecule has 0 bridgehead atoms. The van der Waals surface area contributed by atoms with Crippen LogP contribution >= 0.6 is 0 Å². The highest BCUT2D eigenvalue weighted by atomic mass is 16.4. The number of benzene rings is 1. The zero-order chi connectivity index (χ0) is 15.0. The standard InChI is InChI=1S/C14H21N3O3/c1-15-8-3-9-16-14(20)17(2)10-11-4-6-12(7-5-11)13(18)19/h4-7,15H,3,8-10H2,1-2H3,(H,16,20)(H,18,19). The number of urea groups is 1. The van der Waals surface area contributed by atoms with Crippen molar-refractivity contribution in [3.63, 3.8) is 0 Å². The number of nitrogens with one attached hydrogen (secondary N) is 2. The van der Waals surface area contributed by atoms with Gasteiger partial charge in [0, 0.05) is 20.1 Å². The summed E-state index contributed by atoms with van der Waals surface area (Å²) in [6.07, 6.45) is 0.878. The molecule has 6 heteroatoms. The average Bonchev–Trinajstić information content (AvgIpc) is 2.44. The van der Waals surface area contributed by atoms with Gasteiger partial charge in [0.05, 0.1) is 5.56 Å². The minimum atomic E-state index is -0.952. The van der Waals surface area contributed by atoms with Gasteiger partial charge in [-0.15, -0.1) is 0 Å². The molecule has 0 atom stereocenters. The summed E-state index contributed by atoms with van der Waals surface area (Å²) < 4.78 is 0. The van der Waals surface area contributed by atoms with E-state index in [-0.39, 0.29) is 11.6 Å². The van der Waals surface area contributed by atoms with Crippen LogP contribution in [0.4, 0.5) is 4.79 Å². The number of carboxylic acids is 1. The number of amides is 2. The summed E-state index contributed by atoms with van der Waals surface area (Å²) in [5.41, 5.74) is 1.13. The summed E-state index contributed by atoms with van der Waals surface area (Å²) in [6, 6.07) is 6.37. The molecule has 110 valence electrons. The van der Waals surface area contributed by atoms with Gasteiger partial charge in [0.1, 0.15) is 0 Å². The molecule has 0 aromatic heterocycles. The zero-order valence-corrected chi connectivity index (χ0v) is 11.8. The summed E-state index contributed by atoms with van der Waals surface area (Å²) in [4.78, 5) is 24.1. The average molecular weight is 279 g/mol. The lowest BCUT2D eigenvalue weighted by Gasteiger charge is -2.18. The SMILES string of the molecule is CNCCCNC(=O)N(C)Cc1ccc(C(=O)O)cc1. The van der Waals surface area contributed by atoms with Gasteiger partial charge in [0.15, 0.2) is 0 Å². The molecule has 1 rings (SSSR count). The van der Waals surface area contributed by atoms with Gasteiger partial charge in [-0.2, -0.15) is 0 Å². The number of nitrogens with zero attached hydrogens (tertiary/aromatic N) is 1. The van der Waals surface area contributed by atoms with Crippen LogP contribution in [0.1, 0.15) is 22.3 Å². The van der Waals surface area contributed by atoms with Crippen LogP contribution in [0, 0.1) is 0 Å². The summed E-state index contributed by atoms with van der Waals surface area (Å²) in [5, 5.41) is 14.6. The lowest BCUT2D eigenvalue weighted by molar-refractivity contribution is 0.0697. The maximum absolute atomic E-state index is 11.8. The third kappa shape index (κ3) is 5.27. The number of rotatable bonds is 7. The predicted octanol–water partition coefficient (Wildman–Crippen LogP) is 1.14. The van der Waals surface area contributed by atoms with Crippen molar-refractivity contribution in [2.75, 3.05) is 27.2 Å². The van der Waals surface area contributed by atoms with E-state index >= 15 is 0 Å². The number of carbonyl (C=O) groups excluding carboxylic acids is 1. The molecule has 0 aliphatic heterocycles. The molecule has 1 aromatic rings. The van der Waals surface area contributed by atoms with Crippen molar-refractivity contribution in [1.82, 2.24) is 15.5 Å². The van der Waals surface area contributed by atoms with Gasteiger partial charge in [-0.3, -0.25) is 0 Å². The number of hydrogen-bond acceptors (Lipinski definition) is 3. The second-order valence-electron chi connectivity index (χ2n) is 4.55. The Balaban J connectivity index is 2.42. The summed E-state index contributed by atoms with van der Waals surface area (Å²) >= 11 is 0. The van der Waals surface area contributed by atoms with E-state index in [9.17, 15) is 9.59 Å². The fraction of sp³-hybridized carbons (Fsp3) is 0.429. The smallest absolute Gasteiger partial charge is 0.335 e. The van der Waals surface area contributed by atoms with E-state index < -0.39 is 5.97 Å². The largest absolute Gasteiger partial charge is 0.478 e. The summed E-state index contributed by atoms with van der Waals surface area (Å²) in [6.45, 7) is 1.93. The molecule has 1 aromatic carbocycles. The van der Waals surface area contributed by atoms with Crippen LogP contribution in [-0.4, -0.2) is 49.2 Å². The molecule has 3 N–H and O–H groups in total. The van der Waals surface area contributed by atoms with E-state index in [4.69, 9.17) is 5.11 Å². The lowest BCUT2D eigenvalue weighted by Crippen LogP contribution is -2.37. The Hall–Kier alpha value is -2.08. The van der Waals surface area contributed by atoms with Crippen LogP contribution in [0.3, 0.4) is 0 Å². The highest BCUT2D eigenvalue weighted by Crippen LogP contribution is 2.07. The normalized spacial score (nSPS) is 10.1. The Morgan fingerprint density at radius 2 is 1.85 bits per heavy atom. The van der Waals surface area contributed by atoms with E-state index in [1.807, 2.05) is 7.05 Å². The molecule has 0 unspecified atom stereocenters. The summed E-state index contributed by atoms with van der Waals surface area (Å²) in [5.74, 6) is -0.952. The fourth-order valence-electron chi connectivity index (χ4n) is 1.69. The highest BCUT2D eigenvalue weighted by Gasteiger charge is 2.09. The van der Waals surface area contributed by atoms with E-state index in [1.54, 1.807) is 24.1 Å². The van der Waals surface area contributed by atoms with E-state index in [0.717, 1.165) is 18.5 Å². The minimum absolute atomic E-state index is 0.136. The maximum Gasteiger partial charge on any atom is 0.335 e. The highest BCUT2D eigenvalue weighted by molar-refractivity contribution is 5.87. The molecule has 0 saturated carbocycles. The van der Waals surface area contributed by atoms with E-state index in [1.165, 1.54) is 12.1 Å². The molecular formula is C14H21N3O3. The Morgan fingerprint density at radius 3 is 2.40 bits per heavy atom. The van der Waals surface area contributed by atoms with Crippen LogP contribution in [0.25, 0.3) is 0 Å². The number of carbonyl (C=O) groups is 2. The van der Waals surface area contributed by atoms with Crippen molar-refractivity contribution < 1.29 is 14.7 Å². The number of carboxylic acid groups (broad SMARTS) is 1. The molecule has 0 heterocycles. The molecular weight excluding hydrogens is 258 g/mol. The molecule has 6 nitrogen and oxygen atoms in total. The van der Waals surface area contributed by atoms with Gasteiger partial charge in [-0.1, -0.05) is 12.1 Å².